The third-order valence-corrected chi connectivity index (χ3v) is 6.56. The lowest BCUT2D eigenvalue weighted by Gasteiger charge is -2.47. The summed E-state index contributed by atoms with van der Waals surface area (Å²) in [5, 5.41) is 7.52. The van der Waals surface area contributed by atoms with Gasteiger partial charge in [0.25, 0.3) is 0 Å². The number of fused-ring (bicyclic) bond motifs is 2. The van der Waals surface area contributed by atoms with E-state index in [1.165, 1.54) is 6.20 Å². The number of nitrogens with two attached hydrogens (primary N) is 1. The second-order valence-electron chi connectivity index (χ2n) is 8.76. The summed E-state index contributed by atoms with van der Waals surface area (Å²) in [6, 6.07) is 12.3. The zero-order valence-corrected chi connectivity index (χ0v) is 17.9. The summed E-state index contributed by atoms with van der Waals surface area (Å²) in [5.74, 6) is -0.556. The van der Waals surface area contributed by atoms with Gasteiger partial charge in [-0.1, -0.05) is 30.3 Å². The molecular formula is C23H23F3N6O. The van der Waals surface area contributed by atoms with E-state index in [0.29, 0.717) is 25.3 Å². The molecule has 0 aliphatic carbocycles. The number of alkyl halides is 3. The predicted molar refractivity (Wildman–Crippen MR) is 116 cm³/mol. The molecule has 3 aromatic rings. The lowest BCUT2D eigenvalue weighted by molar-refractivity contribution is -0.137. The Labute approximate surface area is 188 Å². The molecule has 2 aliphatic heterocycles. The smallest absolute Gasteiger partial charge is 0.383 e. The maximum Gasteiger partial charge on any atom is 0.419 e. The van der Waals surface area contributed by atoms with Crippen LogP contribution in [0.2, 0.25) is 0 Å². The van der Waals surface area contributed by atoms with Crippen LogP contribution in [0.1, 0.15) is 36.2 Å². The molecule has 0 saturated carbocycles. The number of nitrogens with zero attached hydrogens (tertiary/aromatic N) is 4. The second kappa shape index (κ2) is 7.50. The fraction of sp³-hybridized carbons (Fsp3) is 0.348. The van der Waals surface area contributed by atoms with E-state index in [4.69, 9.17) is 5.73 Å². The minimum Gasteiger partial charge on any atom is -0.383 e. The number of hydrogen-bond donors (Lipinski definition) is 2. The molecule has 0 bridgehead atoms. The van der Waals surface area contributed by atoms with Crippen molar-refractivity contribution in [3.63, 3.8) is 0 Å². The quantitative estimate of drug-likeness (QED) is 0.624. The molecule has 4 heterocycles. The van der Waals surface area contributed by atoms with Crippen molar-refractivity contribution in [2.75, 3.05) is 18.8 Å². The molecule has 1 atom stereocenters. The fourth-order valence-electron chi connectivity index (χ4n) is 4.70. The zero-order valence-electron chi connectivity index (χ0n) is 17.9. The monoisotopic (exact) mass is 456 g/mol. The minimum atomic E-state index is -4.59. The highest BCUT2D eigenvalue weighted by atomic mass is 19.4. The fourth-order valence-corrected chi connectivity index (χ4v) is 4.70. The average Bonchev–Trinajstić information content (AvgIpc) is 3.32. The predicted octanol–water partition coefficient (Wildman–Crippen LogP) is 3.97. The number of carbonyl (C=O) groups is 1. The molecule has 5 rings (SSSR count). The summed E-state index contributed by atoms with van der Waals surface area (Å²) in [7, 11) is 0. The number of anilines is 1. The van der Waals surface area contributed by atoms with E-state index in [2.05, 4.69) is 15.4 Å². The lowest BCUT2D eigenvalue weighted by Crippen LogP contribution is -2.62. The third-order valence-electron chi connectivity index (χ3n) is 6.56. The summed E-state index contributed by atoms with van der Waals surface area (Å²) < 4.78 is 41.5. The largest absolute Gasteiger partial charge is 0.419 e. The summed E-state index contributed by atoms with van der Waals surface area (Å²) in [6.45, 7) is 3.67. The molecule has 1 fully saturated rings. The van der Waals surface area contributed by atoms with Crippen LogP contribution in [0.4, 0.5) is 23.8 Å². The van der Waals surface area contributed by atoms with Crippen LogP contribution < -0.4 is 11.1 Å². The van der Waals surface area contributed by atoms with E-state index in [1.807, 2.05) is 48.0 Å². The van der Waals surface area contributed by atoms with Crippen molar-refractivity contribution in [1.82, 2.24) is 25.0 Å². The van der Waals surface area contributed by atoms with Gasteiger partial charge in [0.05, 0.1) is 17.3 Å². The Hall–Kier alpha value is -3.56. The first-order chi connectivity index (χ1) is 15.7. The van der Waals surface area contributed by atoms with Gasteiger partial charge in [-0.2, -0.15) is 18.3 Å². The van der Waals surface area contributed by atoms with Crippen molar-refractivity contribution in [2.45, 2.75) is 37.5 Å². The molecule has 0 radical (unpaired) electrons. The number of halogens is 3. The highest BCUT2D eigenvalue weighted by molar-refractivity contribution is 5.76. The van der Waals surface area contributed by atoms with E-state index in [0.717, 1.165) is 23.7 Å². The first kappa shape index (κ1) is 21.3. The van der Waals surface area contributed by atoms with Crippen LogP contribution in [0.3, 0.4) is 0 Å². The number of aromatic nitrogens is 3. The number of benzene rings is 1. The molecule has 10 heteroatoms. The van der Waals surface area contributed by atoms with Crippen LogP contribution in [0.5, 0.6) is 0 Å². The van der Waals surface area contributed by atoms with Crippen LogP contribution in [0.25, 0.3) is 11.3 Å². The van der Waals surface area contributed by atoms with Gasteiger partial charge in [0.15, 0.2) is 0 Å². The molecule has 1 unspecified atom stereocenters. The molecule has 1 saturated heterocycles. The second-order valence-corrected chi connectivity index (χ2v) is 8.76. The van der Waals surface area contributed by atoms with Gasteiger partial charge in [-0.15, -0.1) is 0 Å². The van der Waals surface area contributed by atoms with Gasteiger partial charge >= 0.3 is 12.2 Å². The Morgan fingerprint density at radius 3 is 2.64 bits per heavy atom. The topological polar surface area (TPSA) is 89.1 Å². The maximum atomic E-state index is 13.2. The van der Waals surface area contributed by atoms with Gasteiger partial charge < -0.3 is 16.0 Å². The number of nitrogens with one attached hydrogen (secondary N) is 1. The molecule has 2 amide bonds. The molecule has 33 heavy (non-hydrogen) atoms. The Bertz CT molecular complexity index is 1200. The van der Waals surface area contributed by atoms with Crippen LogP contribution in [0, 0.1) is 0 Å². The zero-order chi connectivity index (χ0) is 23.4. The first-order valence-corrected chi connectivity index (χ1v) is 10.7. The number of nitrogen functional groups attached to an aromatic ring is 1. The summed E-state index contributed by atoms with van der Waals surface area (Å²) >= 11 is 0. The van der Waals surface area contributed by atoms with E-state index in [-0.39, 0.29) is 23.1 Å². The molecule has 3 N–H and O–H groups in total. The molecule has 1 spiro atoms. The van der Waals surface area contributed by atoms with Crippen molar-refractivity contribution in [3.05, 3.63) is 65.5 Å². The van der Waals surface area contributed by atoms with Gasteiger partial charge in [0.1, 0.15) is 5.82 Å². The summed E-state index contributed by atoms with van der Waals surface area (Å²) in [5.41, 5.74) is 6.86. The van der Waals surface area contributed by atoms with Gasteiger partial charge in [0.2, 0.25) is 0 Å². The van der Waals surface area contributed by atoms with Crippen molar-refractivity contribution >= 4 is 11.8 Å². The standard InChI is InChI=1S/C23H23F3N6O/c1-14(15-5-3-2-4-6-15)29-21(33)31-12-22(13-31)7-8-32-19(22)10-18(30-32)16-9-17(23(24,25)26)20(27)28-11-16/h2-6,9-11,14H,7-8,12-13H2,1H3,(H2,27,28)(H,29,33). The highest BCUT2D eigenvalue weighted by Gasteiger charge is 2.51. The number of pyridine rings is 1. The Kier molecular flexibility index (Phi) is 4.84. The lowest BCUT2D eigenvalue weighted by atomic mass is 9.76. The molecule has 2 aromatic heterocycles. The number of carbonyl (C=O) groups excluding carboxylic acids is 1. The van der Waals surface area contributed by atoms with Gasteiger partial charge in [-0.05, 0) is 31.0 Å². The highest BCUT2D eigenvalue weighted by Crippen LogP contribution is 2.44. The van der Waals surface area contributed by atoms with Crippen molar-refractivity contribution < 1.29 is 18.0 Å². The number of likely N-dealkylation sites (tertiary alicyclic amines) is 1. The summed E-state index contributed by atoms with van der Waals surface area (Å²) in [4.78, 5) is 18.2. The molecule has 1 aromatic carbocycles. The number of urea groups is 1. The Balaban J connectivity index is 1.31. The van der Waals surface area contributed by atoms with Crippen LogP contribution in [-0.2, 0) is 18.1 Å². The molecule has 2 aliphatic rings. The number of hydrogen-bond acceptors (Lipinski definition) is 4. The molecule has 7 nitrogen and oxygen atoms in total. The number of amides is 2. The number of aryl methyl sites for hydroxylation is 1. The molecular weight excluding hydrogens is 433 g/mol. The van der Waals surface area contributed by atoms with Gasteiger partial charge in [-0.25, -0.2) is 9.78 Å². The van der Waals surface area contributed by atoms with Gasteiger partial charge in [-0.3, -0.25) is 4.68 Å². The maximum absolute atomic E-state index is 13.2. The van der Waals surface area contributed by atoms with Gasteiger partial charge in [0, 0.05) is 42.5 Å². The van der Waals surface area contributed by atoms with E-state index < -0.39 is 17.6 Å². The third kappa shape index (κ3) is 3.69. The average molecular weight is 456 g/mol. The van der Waals surface area contributed by atoms with Crippen LogP contribution >= 0.6 is 0 Å². The summed E-state index contributed by atoms with van der Waals surface area (Å²) in [6.07, 6.45) is -2.45. The van der Waals surface area contributed by atoms with Crippen molar-refractivity contribution in [1.29, 1.82) is 0 Å². The SMILES string of the molecule is CC(NC(=O)N1CC2(CCn3nc(-c4cnc(N)c(C(F)(F)F)c4)cc32)C1)c1ccccc1. The first-order valence-electron chi connectivity index (χ1n) is 10.7. The van der Waals surface area contributed by atoms with E-state index in [9.17, 15) is 18.0 Å². The van der Waals surface area contributed by atoms with E-state index in [1.54, 1.807) is 4.90 Å². The Morgan fingerprint density at radius 1 is 1.21 bits per heavy atom. The van der Waals surface area contributed by atoms with Crippen molar-refractivity contribution in [3.8, 4) is 11.3 Å². The minimum absolute atomic E-state index is 0.114. The number of rotatable bonds is 3. The molecule has 172 valence electrons. The normalized spacial score (nSPS) is 17.5. The van der Waals surface area contributed by atoms with Crippen LogP contribution in [-0.4, -0.2) is 38.8 Å². The Morgan fingerprint density at radius 2 is 1.94 bits per heavy atom. The van der Waals surface area contributed by atoms with Crippen LogP contribution in [0.15, 0.2) is 48.7 Å². The van der Waals surface area contributed by atoms with E-state index >= 15 is 0 Å². The van der Waals surface area contributed by atoms with Crippen molar-refractivity contribution in [2.24, 2.45) is 0 Å².